The highest BCUT2D eigenvalue weighted by Crippen LogP contribution is 2.37. The van der Waals surface area contributed by atoms with Gasteiger partial charge in [0.1, 0.15) is 5.00 Å². The third-order valence-corrected chi connectivity index (χ3v) is 5.06. The van der Waals surface area contributed by atoms with E-state index < -0.39 is 5.91 Å². The van der Waals surface area contributed by atoms with Crippen molar-refractivity contribution in [1.29, 1.82) is 0 Å². The van der Waals surface area contributed by atoms with E-state index in [2.05, 4.69) is 24.5 Å². The molecular formula is C16H25N3O2S. The van der Waals surface area contributed by atoms with Crippen molar-refractivity contribution < 1.29 is 9.59 Å². The maximum atomic E-state index is 12.0. The zero-order valence-corrected chi connectivity index (χ0v) is 14.1. The molecule has 0 radical (unpaired) electrons. The number of fused-ring (bicyclic) bond motifs is 1. The summed E-state index contributed by atoms with van der Waals surface area (Å²) in [4.78, 5) is 25.0. The van der Waals surface area contributed by atoms with Crippen LogP contribution in [0, 0.1) is 5.92 Å². The van der Waals surface area contributed by atoms with Gasteiger partial charge in [-0.15, -0.1) is 11.3 Å². The molecule has 4 N–H and O–H groups in total. The Kier molecular flexibility index (Phi) is 5.97. The summed E-state index contributed by atoms with van der Waals surface area (Å²) in [5.41, 5.74) is 7.09. The van der Waals surface area contributed by atoms with Crippen molar-refractivity contribution in [2.24, 2.45) is 11.7 Å². The fraction of sp³-hybridized carbons (Fsp3) is 0.625. The molecule has 0 spiro atoms. The number of anilines is 1. The number of nitrogens with two attached hydrogens (primary N) is 1. The predicted octanol–water partition coefficient (Wildman–Crippen LogP) is 2.30. The van der Waals surface area contributed by atoms with Crippen molar-refractivity contribution in [3.05, 3.63) is 16.0 Å². The first-order valence-corrected chi connectivity index (χ1v) is 8.75. The van der Waals surface area contributed by atoms with Gasteiger partial charge >= 0.3 is 0 Å². The Balaban J connectivity index is 1.98. The molecule has 1 aliphatic carbocycles. The number of amides is 2. The van der Waals surface area contributed by atoms with Gasteiger partial charge in [0.15, 0.2) is 0 Å². The summed E-state index contributed by atoms with van der Waals surface area (Å²) in [7, 11) is 0. The van der Waals surface area contributed by atoms with Gasteiger partial charge in [-0.05, 0) is 50.1 Å². The van der Waals surface area contributed by atoms with Gasteiger partial charge in [-0.2, -0.15) is 0 Å². The molecule has 0 saturated heterocycles. The van der Waals surface area contributed by atoms with E-state index in [0.29, 0.717) is 16.5 Å². The highest BCUT2D eigenvalue weighted by Gasteiger charge is 2.24. The molecule has 0 atom stereocenters. The van der Waals surface area contributed by atoms with Crippen LogP contribution in [0.25, 0.3) is 0 Å². The summed E-state index contributed by atoms with van der Waals surface area (Å²) < 4.78 is 0. The Morgan fingerprint density at radius 2 is 2.00 bits per heavy atom. The third-order valence-electron chi connectivity index (χ3n) is 3.85. The molecule has 1 heterocycles. The number of thiophene rings is 1. The van der Waals surface area contributed by atoms with Gasteiger partial charge in [0.25, 0.3) is 5.91 Å². The van der Waals surface area contributed by atoms with Gasteiger partial charge in [0, 0.05) is 4.88 Å². The molecule has 1 aliphatic rings. The molecule has 0 aromatic carbocycles. The van der Waals surface area contributed by atoms with Crippen molar-refractivity contribution >= 4 is 28.2 Å². The Morgan fingerprint density at radius 3 is 2.68 bits per heavy atom. The summed E-state index contributed by atoms with van der Waals surface area (Å²) in [6.07, 6.45) is 5.10. The van der Waals surface area contributed by atoms with Crippen LogP contribution in [0.15, 0.2) is 0 Å². The smallest absolute Gasteiger partial charge is 0.251 e. The molecule has 5 nitrogen and oxygen atoms in total. The largest absolute Gasteiger partial charge is 0.365 e. The van der Waals surface area contributed by atoms with Gasteiger partial charge in [-0.1, -0.05) is 13.8 Å². The minimum absolute atomic E-state index is 0.121. The van der Waals surface area contributed by atoms with E-state index >= 15 is 0 Å². The van der Waals surface area contributed by atoms with Crippen molar-refractivity contribution in [3.8, 4) is 0 Å². The highest BCUT2D eigenvalue weighted by molar-refractivity contribution is 7.17. The quantitative estimate of drug-likeness (QED) is 0.673. The number of primary amides is 1. The number of carbonyl (C=O) groups excluding carboxylic acids is 2. The van der Waals surface area contributed by atoms with Gasteiger partial charge in [-0.3, -0.25) is 9.59 Å². The topological polar surface area (TPSA) is 84.2 Å². The number of nitrogens with one attached hydrogen (secondary N) is 2. The van der Waals surface area contributed by atoms with Crippen molar-refractivity contribution in [1.82, 2.24) is 5.32 Å². The van der Waals surface area contributed by atoms with Crippen molar-refractivity contribution in [2.75, 3.05) is 18.4 Å². The van der Waals surface area contributed by atoms with E-state index in [1.807, 2.05) is 0 Å². The number of rotatable bonds is 7. The van der Waals surface area contributed by atoms with Crippen LogP contribution >= 0.6 is 11.3 Å². The maximum Gasteiger partial charge on any atom is 0.251 e. The Hall–Kier alpha value is -1.40. The molecule has 122 valence electrons. The molecule has 1 aromatic heterocycles. The molecule has 2 amide bonds. The van der Waals surface area contributed by atoms with Crippen LogP contribution in [-0.2, 0) is 17.6 Å². The van der Waals surface area contributed by atoms with E-state index in [0.717, 1.165) is 44.2 Å². The standard InChI is InChI=1S/C16H25N3O2S/c1-10(2)7-8-18-9-13(20)19-16-14(15(17)21)11-5-3-4-6-12(11)22-16/h10,18H,3-9H2,1-2H3,(H2,17,21)(H,19,20). The van der Waals surface area contributed by atoms with Gasteiger partial charge in [0.05, 0.1) is 12.1 Å². The molecule has 2 rings (SSSR count). The fourth-order valence-corrected chi connectivity index (χ4v) is 3.99. The van der Waals surface area contributed by atoms with Crippen molar-refractivity contribution in [3.63, 3.8) is 0 Å². The summed E-state index contributed by atoms with van der Waals surface area (Å²) in [5, 5.41) is 6.60. The number of carbonyl (C=O) groups is 2. The zero-order valence-electron chi connectivity index (χ0n) is 13.3. The number of hydrogen-bond acceptors (Lipinski definition) is 4. The van der Waals surface area contributed by atoms with E-state index in [9.17, 15) is 9.59 Å². The van der Waals surface area contributed by atoms with Crippen LogP contribution < -0.4 is 16.4 Å². The first kappa shape index (κ1) is 17.0. The van der Waals surface area contributed by atoms with Crippen LogP contribution in [-0.4, -0.2) is 24.9 Å². The second kappa shape index (κ2) is 7.74. The molecule has 0 bridgehead atoms. The first-order chi connectivity index (χ1) is 10.5. The Morgan fingerprint density at radius 1 is 1.27 bits per heavy atom. The number of hydrogen-bond donors (Lipinski definition) is 3. The van der Waals surface area contributed by atoms with Gasteiger partial charge in [-0.25, -0.2) is 0 Å². The lowest BCUT2D eigenvalue weighted by Crippen LogP contribution is -2.29. The van der Waals surface area contributed by atoms with E-state index in [1.165, 1.54) is 16.2 Å². The highest BCUT2D eigenvalue weighted by atomic mass is 32.1. The van der Waals surface area contributed by atoms with E-state index in [-0.39, 0.29) is 12.5 Å². The van der Waals surface area contributed by atoms with Crippen LogP contribution in [0.5, 0.6) is 0 Å². The van der Waals surface area contributed by atoms with E-state index in [1.54, 1.807) is 0 Å². The monoisotopic (exact) mass is 323 g/mol. The molecule has 0 saturated carbocycles. The third kappa shape index (κ3) is 4.30. The van der Waals surface area contributed by atoms with Crippen molar-refractivity contribution in [2.45, 2.75) is 46.0 Å². The lowest BCUT2D eigenvalue weighted by atomic mass is 9.95. The predicted molar refractivity (Wildman–Crippen MR) is 90.4 cm³/mol. The normalized spacial score (nSPS) is 14.0. The lowest BCUT2D eigenvalue weighted by Gasteiger charge is -2.11. The molecule has 1 aromatic rings. The summed E-state index contributed by atoms with van der Waals surface area (Å²) >= 11 is 1.50. The number of aryl methyl sites for hydroxylation is 1. The molecule has 0 unspecified atom stereocenters. The molecule has 6 heteroatoms. The fourth-order valence-electron chi connectivity index (χ4n) is 2.68. The van der Waals surface area contributed by atoms with Crippen LogP contribution in [0.2, 0.25) is 0 Å². The average Bonchev–Trinajstić information content (AvgIpc) is 2.81. The van der Waals surface area contributed by atoms with E-state index in [4.69, 9.17) is 5.73 Å². The molecule has 0 fully saturated rings. The van der Waals surface area contributed by atoms with Gasteiger partial charge in [0.2, 0.25) is 5.91 Å². The molecule has 22 heavy (non-hydrogen) atoms. The Bertz CT molecular complexity index is 552. The first-order valence-electron chi connectivity index (χ1n) is 7.94. The van der Waals surface area contributed by atoms with Crippen LogP contribution in [0.1, 0.15) is 53.9 Å². The second-order valence-electron chi connectivity index (χ2n) is 6.19. The minimum Gasteiger partial charge on any atom is -0.365 e. The summed E-state index contributed by atoms with van der Waals surface area (Å²) in [6, 6.07) is 0. The zero-order chi connectivity index (χ0) is 16.1. The van der Waals surface area contributed by atoms with Crippen LogP contribution in [0.4, 0.5) is 5.00 Å². The minimum atomic E-state index is -0.442. The average molecular weight is 323 g/mol. The summed E-state index contributed by atoms with van der Waals surface area (Å²) in [6.45, 7) is 5.37. The second-order valence-corrected chi connectivity index (χ2v) is 7.29. The van der Waals surface area contributed by atoms with Crippen LogP contribution in [0.3, 0.4) is 0 Å². The maximum absolute atomic E-state index is 12.0. The Labute approximate surface area is 135 Å². The molecule has 0 aliphatic heterocycles. The molecular weight excluding hydrogens is 298 g/mol. The SMILES string of the molecule is CC(C)CCNCC(=O)Nc1sc2c(c1C(N)=O)CCCC2. The van der Waals surface area contributed by atoms with Gasteiger partial charge < -0.3 is 16.4 Å². The summed E-state index contributed by atoms with van der Waals surface area (Å²) in [5.74, 6) is 0.0494. The lowest BCUT2D eigenvalue weighted by molar-refractivity contribution is -0.115.